The second-order valence-electron chi connectivity index (χ2n) is 9.27. The third kappa shape index (κ3) is 17.6. The van der Waals surface area contributed by atoms with Crippen LogP contribution in [0.15, 0.2) is 0 Å². The highest BCUT2D eigenvalue weighted by Gasteiger charge is 2.21. The van der Waals surface area contributed by atoms with Crippen molar-refractivity contribution >= 4 is 15.8 Å². The first-order valence-electron chi connectivity index (χ1n) is 13.1. The molecule has 0 aromatic carbocycles. The number of ether oxygens (including phenoxy) is 1. The zero-order valence-corrected chi connectivity index (χ0v) is 21.1. The third-order valence-electron chi connectivity index (χ3n) is 6.33. The summed E-state index contributed by atoms with van der Waals surface area (Å²) in [5.41, 5.74) is 0. The molecule has 1 heterocycles. The molecule has 0 aromatic heterocycles. The van der Waals surface area contributed by atoms with E-state index in [2.05, 4.69) is 6.92 Å². The van der Waals surface area contributed by atoms with Crippen molar-refractivity contribution in [3.63, 3.8) is 0 Å². The highest BCUT2D eigenvalue weighted by Crippen LogP contribution is 2.13. The van der Waals surface area contributed by atoms with Gasteiger partial charge in [-0.25, -0.2) is 8.42 Å². The second kappa shape index (κ2) is 18.9. The smallest absolute Gasteiger partial charge is 0.307 e. The summed E-state index contributed by atoms with van der Waals surface area (Å²) in [6.45, 7) is 4.47. The highest BCUT2D eigenvalue weighted by molar-refractivity contribution is 7.91. The molecule has 0 amide bonds. The van der Waals surface area contributed by atoms with E-state index in [1.807, 2.05) is 4.90 Å². The number of carbonyl (C=O) groups excluding carboxylic acids is 1. The van der Waals surface area contributed by atoms with Crippen LogP contribution in [-0.2, 0) is 19.4 Å². The first-order chi connectivity index (χ1) is 15.0. The van der Waals surface area contributed by atoms with Crippen molar-refractivity contribution in [2.75, 3.05) is 37.7 Å². The van der Waals surface area contributed by atoms with Crippen molar-refractivity contribution in [1.82, 2.24) is 4.90 Å². The molecular weight excluding hydrogens is 410 g/mol. The Hall–Kier alpha value is -0.620. The Balaban J connectivity index is 1.76. The van der Waals surface area contributed by atoms with E-state index in [9.17, 15) is 13.2 Å². The fourth-order valence-corrected chi connectivity index (χ4v) is 5.41. The van der Waals surface area contributed by atoms with E-state index in [1.165, 1.54) is 89.9 Å². The molecule has 0 saturated carbocycles. The molecule has 0 bridgehead atoms. The average molecular weight is 460 g/mol. The van der Waals surface area contributed by atoms with Crippen molar-refractivity contribution in [2.45, 2.75) is 116 Å². The van der Waals surface area contributed by atoms with Crippen molar-refractivity contribution in [2.24, 2.45) is 0 Å². The molecule has 184 valence electrons. The molecule has 0 radical (unpaired) electrons. The van der Waals surface area contributed by atoms with Gasteiger partial charge in [-0.05, 0) is 6.42 Å². The summed E-state index contributed by atoms with van der Waals surface area (Å²) in [5, 5.41) is 0. The molecule has 1 rings (SSSR count). The summed E-state index contributed by atoms with van der Waals surface area (Å²) >= 11 is 0. The van der Waals surface area contributed by atoms with Gasteiger partial charge in [0.1, 0.15) is 0 Å². The van der Waals surface area contributed by atoms with Crippen LogP contribution in [0.4, 0.5) is 0 Å². The van der Waals surface area contributed by atoms with Crippen molar-refractivity contribution in [3.05, 3.63) is 0 Å². The van der Waals surface area contributed by atoms with Gasteiger partial charge in [-0.3, -0.25) is 4.79 Å². The standard InChI is InChI=1S/C25H49NO4S/c1-2-3-4-5-6-7-8-9-10-11-12-13-14-15-16-17-22-30-25(27)18-19-26-20-23-31(28,29)24-21-26/h2-24H2,1H3. The van der Waals surface area contributed by atoms with Crippen LogP contribution in [-0.4, -0.2) is 57.0 Å². The van der Waals surface area contributed by atoms with Crippen LogP contribution >= 0.6 is 0 Å². The van der Waals surface area contributed by atoms with Gasteiger partial charge in [0.05, 0.1) is 24.5 Å². The Kier molecular flexibility index (Phi) is 17.3. The Morgan fingerprint density at radius 1 is 0.710 bits per heavy atom. The molecule has 5 nitrogen and oxygen atoms in total. The van der Waals surface area contributed by atoms with Gasteiger partial charge in [0.15, 0.2) is 9.84 Å². The minimum Gasteiger partial charge on any atom is -0.466 e. The molecule has 31 heavy (non-hydrogen) atoms. The van der Waals surface area contributed by atoms with Crippen LogP contribution in [0.2, 0.25) is 0 Å². The van der Waals surface area contributed by atoms with Crippen LogP contribution in [0, 0.1) is 0 Å². The topological polar surface area (TPSA) is 63.7 Å². The van der Waals surface area contributed by atoms with E-state index in [0.717, 1.165) is 12.8 Å². The van der Waals surface area contributed by atoms with Gasteiger partial charge in [0, 0.05) is 19.6 Å². The number of rotatable bonds is 20. The monoisotopic (exact) mass is 459 g/mol. The molecule has 1 aliphatic heterocycles. The van der Waals surface area contributed by atoms with E-state index >= 15 is 0 Å². The minimum atomic E-state index is -2.85. The summed E-state index contributed by atoms with van der Waals surface area (Å²) in [5.74, 6) is 0.261. The van der Waals surface area contributed by atoms with Crippen molar-refractivity contribution in [3.8, 4) is 0 Å². The number of sulfone groups is 1. The summed E-state index contributed by atoms with van der Waals surface area (Å²) in [4.78, 5) is 13.8. The Morgan fingerprint density at radius 3 is 1.58 bits per heavy atom. The maximum absolute atomic E-state index is 11.8. The molecule has 1 fully saturated rings. The van der Waals surface area contributed by atoms with Crippen LogP contribution in [0.25, 0.3) is 0 Å². The van der Waals surface area contributed by atoms with Gasteiger partial charge in [-0.15, -0.1) is 0 Å². The van der Waals surface area contributed by atoms with E-state index in [-0.39, 0.29) is 17.5 Å². The number of carbonyl (C=O) groups is 1. The van der Waals surface area contributed by atoms with Gasteiger partial charge in [-0.1, -0.05) is 103 Å². The molecule has 0 atom stereocenters. The summed E-state index contributed by atoms with van der Waals surface area (Å²) in [6, 6.07) is 0. The maximum atomic E-state index is 11.8. The van der Waals surface area contributed by atoms with Crippen LogP contribution in [0.5, 0.6) is 0 Å². The first-order valence-corrected chi connectivity index (χ1v) is 14.9. The maximum Gasteiger partial charge on any atom is 0.307 e. The zero-order chi connectivity index (χ0) is 22.6. The minimum absolute atomic E-state index is 0.158. The van der Waals surface area contributed by atoms with Crippen LogP contribution in [0.3, 0.4) is 0 Å². The average Bonchev–Trinajstić information content (AvgIpc) is 2.75. The largest absolute Gasteiger partial charge is 0.466 e. The zero-order valence-electron chi connectivity index (χ0n) is 20.3. The number of hydrogen-bond acceptors (Lipinski definition) is 5. The molecule has 0 N–H and O–H groups in total. The van der Waals surface area contributed by atoms with Crippen LogP contribution in [0.1, 0.15) is 116 Å². The first kappa shape index (κ1) is 28.4. The van der Waals surface area contributed by atoms with Crippen molar-refractivity contribution in [1.29, 1.82) is 0 Å². The Morgan fingerprint density at radius 2 is 1.13 bits per heavy atom. The molecule has 1 aliphatic rings. The quantitative estimate of drug-likeness (QED) is 0.167. The highest BCUT2D eigenvalue weighted by atomic mass is 32.2. The summed E-state index contributed by atoms with van der Waals surface area (Å²) < 4.78 is 28.1. The van der Waals surface area contributed by atoms with Gasteiger partial charge in [-0.2, -0.15) is 0 Å². The lowest BCUT2D eigenvalue weighted by molar-refractivity contribution is -0.144. The molecule has 0 aromatic rings. The van der Waals surface area contributed by atoms with E-state index < -0.39 is 9.84 Å². The lowest BCUT2D eigenvalue weighted by Gasteiger charge is -2.25. The predicted molar refractivity (Wildman–Crippen MR) is 130 cm³/mol. The number of esters is 1. The lowest BCUT2D eigenvalue weighted by Crippen LogP contribution is -2.41. The van der Waals surface area contributed by atoms with E-state index in [4.69, 9.17) is 4.74 Å². The fourth-order valence-electron chi connectivity index (χ4n) is 4.13. The molecule has 0 spiro atoms. The molecular formula is C25H49NO4S. The molecule has 1 saturated heterocycles. The molecule has 0 aliphatic carbocycles. The van der Waals surface area contributed by atoms with E-state index in [1.54, 1.807) is 0 Å². The van der Waals surface area contributed by atoms with Gasteiger partial charge >= 0.3 is 5.97 Å². The summed E-state index contributed by atoms with van der Waals surface area (Å²) in [7, 11) is -2.85. The lowest BCUT2D eigenvalue weighted by atomic mass is 10.0. The summed E-state index contributed by atoms with van der Waals surface area (Å²) in [6.07, 6.45) is 21.7. The van der Waals surface area contributed by atoms with Gasteiger partial charge < -0.3 is 9.64 Å². The number of nitrogens with zero attached hydrogens (tertiary/aromatic N) is 1. The van der Waals surface area contributed by atoms with Crippen molar-refractivity contribution < 1.29 is 17.9 Å². The van der Waals surface area contributed by atoms with Gasteiger partial charge in [0.2, 0.25) is 0 Å². The second-order valence-corrected chi connectivity index (χ2v) is 11.6. The third-order valence-corrected chi connectivity index (χ3v) is 7.94. The fraction of sp³-hybridized carbons (Fsp3) is 0.960. The van der Waals surface area contributed by atoms with Crippen LogP contribution < -0.4 is 0 Å². The van der Waals surface area contributed by atoms with E-state index in [0.29, 0.717) is 32.7 Å². The molecule has 0 unspecified atom stereocenters. The Bertz CT molecular complexity index is 522. The predicted octanol–water partition coefficient (Wildman–Crippen LogP) is 5.91. The number of unbranched alkanes of at least 4 members (excludes halogenated alkanes) is 15. The Labute approximate surface area is 192 Å². The number of hydrogen-bond donors (Lipinski definition) is 0. The molecule has 6 heteroatoms. The normalized spacial score (nSPS) is 16.4. The SMILES string of the molecule is CCCCCCCCCCCCCCCCCCOC(=O)CCN1CCS(=O)(=O)CC1. The van der Waals surface area contributed by atoms with Gasteiger partial charge in [0.25, 0.3) is 0 Å².